The van der Waals surface area contributed by atoms with Crippen LogP contribution >= 0.6 is 0 Å². The Morgan fingerprint density at radius 1 is 1.33 bits per heavy atom. The maximum atomic E-state index is 11.2. The minimum absolute atomic E-state index is 0.156. The molecule has 1 N–H and O–H groups in total. The Kier molecular flexibility index (Phi) is 6.32. The summed E-state index contributed by atoms with van der Waals surface area (Å²) >= 11 is 0. The van der Waals surface area contributed by atoms with Gasteiger partial charge in [-0.15, -0.1) is 0 Å². The van der Waals surface area contributed by atoms with Gasteiger partial charge in [0, 0.05) is 0 Å². The number of benzene rings is 1. The summed E-state index contributed by atoms with van der Waals surface area (Å²) in [6.07, 6.45) is 2.27. The number of ether oxygens (including phenoxy) is 1. The smallest absolute Gasteiger partial charge is 0.320 e. The third-order valence-electron chi connectivity index (χ3n) is 2.28. The molecule has 0 saturated heterocycles. The highest BCUT2D eigenvalue weighted by Crippen LogP contribution is 2.13. The molecule has 1 amide bonds. The molecule has 0 bridgehead atoms. The van der Waals surface area contributed by atoms with Crippen molar-refractivity contribution >= 4 is 12.4 Å². The molecule has 0 radical (unpaired) electrons. The van der Waals surface area contributed by atoms with Gasteiger partial charge in [-0.25, -0.2) is 0 Å². The third kappa shape index (κ3) is 5.34. The number of hydrogen-bond donors (Lipinski definition) is 1. The van der Waals surface area contributed by atoms with Gasteiger partial charge >= 0.3 is 6.47 Å². The minimum Gasteiger partial charge on any atom is -0.494 e. The van der Waals surface area contributed by atoms with Gasteiger partial charge in [-0.05, 0) is 24.1 Å². The van der Waals surface area contributed by atoms with E-state index in [0.29, 0.717) is 6.61 Å². The second-order valence-electron chi connectivity index (χ2n) is 3.76. The van der Waals surface area contributed by atoms with E-state index in [-0.39, 0.29) is 18.8 Å². The lowest BCUT2D eigenvalue weighted by Gasteiger charge is -2.06. The minimum atomic E-state index is -0.373. The van der Waals surface area contributed by atoms with Crippen LogP contribution in [0.3, 0.4) is 0 Å². The van der Waals surface area contributed by atoms with Crippen molar-refractivity contribution in [1.29, 1.82) is 0 Å². The molecule has 1 aromatic rings. The van der Waals surface area contributed by atoms with Crippen LogP contribution in [0, 0.1) is 0 Å². The summed E-state index contributed by atoms with van der Waals surface area (Å²) in [7, 11) is 0. The van der Waals surface area contributed by atoms with Crippen LogP contribution in [0.5, 0.6) is 5.75 Å². The lowest BCUT2D eigenvalue weighted by atomic mass is 10.1. The van der Waals surface area contributed by atoms with E-state index in [1.54, 1.807) is 0 Å². The average molecular weight is 251 g/mol. The Labute approximate surface area is 106 Å². The number of rotatable bonds is 8. The number of hydrogen-bond acceptors (Lipinski definition) is 4. The summed E-state index contributed by atoms with van der Waals surface area (Å²) in [4.78, 5) is 25.3. The van der Waals surface area contributed by atoms with E-state index in [1.165, 1.54) is 0 Å². The van der Waals surface area contributed by atoms with Crippen LogP contribution in [-0.4, -0.2) is 19.0 Å². The largest absolute Gasteiger partial charge is 0.494 e. The van der Waals surface area contributed by atoms with E-state index in [0.717, 1.165) is 24.2 Å². The molecule has 0 aromatic heterocycles. The fourth-order valence-electron chi connectivity index (χ4n) is 1.35. The van der Waals surface area contributed by atoms with Crippen molar-refractivity contribution in [1.82, 2.24) is 5.48 Å². The van der Waals surface area contributed by atoms with Crippen LogP contribution in [0.2, 0.25) is 0 Å². The standard InChI is InChI=1S/C13H17NO4/c1-2-3-8-17-12-6-4-11(5-7-12)9-13(16)14-18-10-15/h4-7,10H,2-3,8-9H2,1H3,(H,14,16). The monoisotopic (exact) mass is 251 g/mol. The molecule has 0 spiro atoms. The van der Waals surface area contributed by atoms with Crippen molar-refractivity contribution in [2.45, 2.75) is 26.2 Å². The Morgan fingerprint density at radius 3 is 2.67 bits per heavy atom. The number of carbonyl (C=O) groups excluding carboxylic acids is 2. The molecule has 98 valence electrons. The summed E-state index contributed by atoms with van der Waals surface area (Å²) in [5.41, 5.74) is 2.82. The Bertz CT molecular complexity index is 375. The van der Waals surface area contributed by atoms with Crippen LogP contribution < -0.4 is 10.2 Å². The quantitative estimate of drug-likeness (QED) is 0.433. The first-order valence-corrected chi connectivity index (χ1v) is 5.86. The number of hydroxylamine groups is 1. The highest BCUT2D eigenvalue weighted by atomic mass is 16.7. The molecule has 0 aliphatic rings. The second-order valence-corrected chi connectivity index (χ2v) is 3.76. The van der Waals surface area contributed by atoms with Gasteiger partial charge < -0.3 is 9.57 Å². The van der Waals surface area contributed by atoms with Crippen LogP contribution in [0.4, 0.5) is 0 Å². The average Bonchev–Trinajstić information content (AvgIpc) is 2.39. The first kappa shape index (κ1) is 14.0. The van der Waals surface area contributed by atoms with E-state index >= 15 is 0 Å². The molecule has 0 atom stereocenters. The zero-order chi connectivity index (χ0) is 13.2. The van der Waals surface area contributed by atoms with Gasteiger partial charge in [0.15, 0.2) is 0 Å². The van der Waals surface area contributed by atoms with Gasteiger partial charge in [-0.1, -0.05) is 25.5 Å². The summed E-state index contributed by atoms with van der Waals surface area (Å²) in [5.74, 6) is 0.415. The summed E-state index contributed by atoms with van der Waals surface area (Å²) < 4.78 is 5.50. The summed E-state index contributed by atoms with van der Waals surface area (Å²) in [6.45, 7) is 2.97. The molecule has 18 heavy (non-hydrogen) atoms. The van der Waals surface area contributed by atoms with Crippen LogP contribution in [0.1, 0.15) is 25.3 Å². The van der Waals surface area contributed by atoms with E-state index in [4.69, 9.17) is 4.74 Å². The van der Waals surface area contributed by atoms with Crippen molar-refractivity contribution in [3.63, 3.8) is 0 Å². The number of unbranched alkanes of at least 4 members (excludes halogenated alkanes) is 1. The van der Waals surface area contributed by atoms with Crippen molar-refractivity contribution < 1.29 is 19.2 Å². The summed E-state index contributed by atoms with van der Waals surface area (Å²) in [5, 5.41) is 0. The lowest BCUT2D eigenvalue weighted by Crippen LogP contribution is -2.24. The van der Waals surface area contributed by atoms with Crippen molar-refractivity contribution in [3.8, 4) is 5.75 Å². The molecule has 0 saturated carbocycles. The van der Waals surface area contributed by atoms with E-state index in [9.17, 15) is 9.59 Å². The fraction of sp³-hybridized carbons (Fsp3) is 0.385. The molecular formula is C13H17NO4. The van der Waals surface area contributed by atoms with Gasteiger partial charge in [0.05, 0.1) is 13.0 Å². The van der Waals surface area contributed by atoms with Gasteiger partial charge in [0.1, 0.15) is 5.75 Å². The SMILES string of the molecule is CCCCOc1ccc(CC(=O)NOC=O)cc1. The molecule has 0 unspecified atom stereocenters. The molecular weight excluding hydrogens is 234 g/mol. The van der Waals surface area contributed by atoms with E-state index < -0.39 is 0 Å². The van der Waals surface area contributed by atoms with Crippen molar-refractivity contribution in [2.24, 2.45) is 0 Å². The van der Waals surface area contributed by atoms with Gasteiger partial charge in [-0.2, -0.15) is 5.48 Å². The normalized spacial score (nSPS) is 9.61. The van der Waals surface area contributed by atoms with Gasteiger partial charge in [0.25, 0.3) is 5.91 Å². The maximum Gasteiger partial charge on any atom is 0.320 e. The highest BCUT2D eigenvalue weighted by molar-refractivity contribution is 5.78. The molecule has 0 aliphatic carbocycles. The third-order valence-corrected chi connectivity index (χ3v) is 2.28. The molecule has 0 heterocycles. The van der Waals surface area contributed by atoms with E-state index in [1.807, 2.05) is 29.7 Å². The molecule has 5 nitrogen and oxygen atoms in total. The Balaban J connectivity index is 2.39. The topological polar surface area (TPSA) is 64.6 Å². The molecule has 5 heteroatoms. The Morgan fingerprint density at radius 2 is 2.06 bits per heavy atom. The molecule has 1 aromatic carbocycles. The van der Waals surface area contributed by atoms with Crippen molar-refractivity contribution in [2.75, 3.05) is 6.61 Å². The summed E-state index contributed by atoms with van der Waals surface area (Å²) in [6, 6.07) is 7.25. The number of carbonyl (C=O) groups is 2. The van der Waals surface area contributed by atoms with Crippen LogP contribution in [0.15, 0.2) is 24.3 Å². The second kappa shape index (κ2) is 8.11. The predicted molar refractivity (Wildman–Crippen MR) is 65.8 cm³/mol. The van der Waals surface area contributed by atoms with Crippen LogP contribution in [0.25, 0.3) is 0 Å². The first-order valence-electron chi connectivity index (χ1n) is 5.86. The predicted octanol–water partition coefficient (Wildman–Crippen LogP) is 1.61. The maximum absolute atomic E-state index is 11.2. The zero-order valence-corrected chi connectivity index (χ0v) is 10.3. The number of nitrogens with one attached hydrogen (secondary N) is 1. The van der Waals surface area contributed by atoms with Crippen molar-refractivity contribution in [3.05, 3.63) is 29.8 Å². The van der Waals surface area contributed by atoms with Crippen LogP contribution in [-0.2, 0) is 20.8 Å². The van der Waals surface area contributed by atoms with Gasteiger partial charge in [-0.3, -0.25) is 9.59 Å². The number of amides is 1. The highest BCUT2D eigenvalue weighted by Gasteiger charge is 2.03. The molecule has 1 rings (SSSR count). The fourth-order valence-corrected chi connectivity index (χ4v) is 1.35. The van der Waals surface area contributed by atoms with Gasteiger partial charge in [0.2, 0.25) is 0 Å². The molecule has 0 fully saturated rings. The lowest BCUT2D eigenvalue weighted by molar-refractivity contribution is -0.146. The zero-order valence-electron chi connectivity index (χ0n) is 10.3. The first-order chi connectivity index (χ1) is 8.76. The molecule has 0 aliphatic heterocycles. The van der Waals surface area contributed by atoms with E-state index in [2.05, 4.69) is 11.8 Å². The Hall–Kier alpha value is -2.04.